The Bertz CT molecular complexity index is 439. The molecule has 0 saturated carbocycles. The van der Waals surface area contributed by atoms with E-state index in [1.807, 2.05) is 6.92 Å². The summed E-state index contributed by atoms with van der Waals surface area (Å²) in [6.45, 7) is 4.04. The summed E-state index contributed by atoms with van der Waals surface area (Å²) in [7, 11) is 0. The highest BCUT2D eigenvalue weighted by atomic mass is 127. The monoisotopic (exact) mass is 348 g/mol. The summed E-state index contributed by atoms with van der Waals surface area (Å²) in [4.78, 5) is 13.9. The molecule has 1 atom stereocenters. The Morgan fingerprint density at radius 3 is 3.06 bits per heavy atom. The number of carbonyl (C=O) groups excluding carboxylic acids is 1. The lowest BCUT2D eigenvalue weighted by atomic mass is 10.1. The molecule has 1 saturated heterocycles. The van der Waals surface area contributed by atoms with Crippen LogP contribution in [0.3, 0.4) is 0 Å². The number of piperazine rings is 1. The van der Waals surface area contributed by atoms with Gasteiger partial charge in [-0.05, 0) is 47.7 Å². The second kappa shape index (κ2) is 5.30. The van der Waals surface area contributed by atoms with Gasteiger partial charge >= 0.3 is 0 Å². The van der Waals surface area contributed by atoms with Gasteiger partial charge in [0.15, 0.2) is 0 Å². The molecule has 0 aliphatic carbocycles. The number of carbonyl (C=O) groups is 1. The van der Waals surface area contributed by atoms with E-state index < -0.39 is 5.82 Å². The Kier molecular flexibility index (Phi) is 3.98. The van der Waals surface area contributed by atoms with Gasteiger partial charge < -0.3 is 10.2 Å². The summed E-state index contributed by atoms with van der Waals surface area (Å²) in [5.74, 6) is -0.657. The molecule has 1 fully saturated rings. The minimum Gasteiger partial charge on any atom is -0.336 e. The maximum Gasteiger partial charge on any atom is 0.256 e. The highest BCUT2D eigenvalue weighted by Crippen LogP contribution is 2.15. The minimum atomic E-state index is -0.443. The fourth-order valence-corrected chi connectivity index (χ4v) is 2.44. The minimum absolute atomic E-state index is 0.172. The van der Waals surface area contributed by atoms with Gasteiger partial charge in [-0.25, -0.2) is 4.39 Å². The Morgan fingerprint density at radius 2 is 2.35 bits per heavy atom. The summed E-state index contributed by atoms with van der Waals surface area (Å²) in [5, 5.41) is 3.26. The van der Waals surface area contributed by atoms with Crippen molar-refractivity contribution >= 4 is 28.5 Å². The van der Waals surface area contributed by atoms with E-state index >= 15 is 0 Å². The summed E-state index contributed by atoms with van der Waals surface area (Å²) >= 11 is 2.08. The zero-order valence-electron chi connectivity index (χ0n) is 9.54. The average molecular weight is 348 g/mol. The predicted octanol–water partition coefficient (Wildman–Crippen LogP) is 1.86. The molecule has 0 aromatic heterocycles. The van der Waals surface area contributed by atoms with Crippen molar-refractivity contribution in [1.82, 2.24) is 10.2 Å². The van der Waals surface area contributed by atoms with Crippen molar-refractivity contribution in [2.75, 3.05) is 19.6 Å². The van der Waals surface area contributed by atoms with Gasteiger partial charge in [0.2, 0.25) is 0 Å². The smallest absolute Gasteiger partial charge is 0.256 e. The van der Waals surface area contributed by atoms with E-state index in [1.54, 1.807) is 17.0 Å². The van der Waals surface area contributed by atoms with Gasteiger partial charge in [-0.3, -0.25) is 4.79 Å². The number of nitrogens with zero attached hydrogens (tertiary/aromatic N) is 1. The van der Waals surface area contributed by atoms with E-state index in [4.69, 9.17) is 0 Å². The molecule has 2 rings (SSSR count). The van der Waals surface area contributed by atoms with Crippen molar-refractivity contribution < 1.29 is 9.18 Å². The standard InChI is InChI=1S/C12H14FIN2O/c1-8-7-16(5-4-15-8)12(17)10-6-9(14)2-3-11(10)13/h2-3,6,8,15H,4-5,7H2,1H3/t8-/m1/s1. The van der Waals surface area contributed by atoms with Crippen molar-refractivity contribution in [1.29, 1.82) is 0 Å². The van der Waals surface area contributed by atoms with Gasteiger partial charge in [0, 0.05) is 29.2 Å². The zero-order valence-corrected chi connectivity index (χ0v) is 11.7. The molecule has 5 heteroatoms. The molecule has 0 spiro atoms. The maximum absolute atomic E-state index is 13.6. The van der Waals surface area contributed by atoms with Crippen LogP contribution in [0.25, 0.3) is 0 Å². The Hall–Kier alpha value is -0.690. The SMILES string of the molecule is C[C@@H]1CN(C(=O)c2cc(I)ccc2F)CCN1. The van der Waals surface area contributed by atoms with Crippen molar-refractivity contribution in [2.45, 2.75) is 13.0 Å². The first-order chi connectivity index (χ1) is 8.08. The largest absolute Gasteiger partial charge is 0.336 e. The van der Waals surface area contributed by atoms with Crippen molar-refractivity contribution in [3.63, 3.8) is 0 Å². The number of hydrogen-bond acceptors (Lipinski definition) is 2. The molecular weight excluding hydrogens is 334 g/mol. The molecule has 1 aromatic carbocycles. The van der Waals surface area contributed by atoms with Crippen LogP contribution in [0.5, 0.6) is 0 Å². The van der Waals surface area contributed by atoms with Crippen LogP contribution < -0.4 is 5.32 Å². The van der Waals surface area contributed by atoms with Crippen LogP contribution >= 0.6 is 22.6 Å². The lowest BCUT2D eigenvalue weighted by Crippen LogP contribution is -2.51. The van der Waals surface area contributed by atoms with Gasteiger partial charge in [-0.1, -0.05) is 0 Å². The first-order valence-corrected chi connectivity index (χ1v) is 6.63. The molecule has 0 bridgehead atoms. The second-order valence-electron chi connectivity index (χ2n) is 4.23. The van der Waals surface area contributed by atoms with Gasteiger partial charge in [0.05, 0.1) is 5.56 Å². The fraction of sp³-hybridized carbons (Fsp3) is 0.417. The highest BCUT2D eigenvalue weighted by Gasteiger charge is 2.23. The molecule has 1 aliphatic rings. The molecule has 0 unspecified atom stereocenters. The zero-order chi connectivity index (χ0) is 12.4. The van der Waals surface area contributed by atoms with E-state index in [0.717, 1.165) is 10.1 Å². The number of amides is 1. The quantitative estimate of drug-likeness (QED) is 0.786. The highest BCUT2D eigenvalue weighted by molar-refractivity contribution is 14.1. The molecule has 3 nitrogen and oxygen atoms in total. The number of benzene rings is 1. The number of hydrogen-bond donors (Lipinski definition) is 1. The molecule has 1 heterocycles. The fourth-order valence-electron chi connectivity index (χ4n) is 1.95. The normalized spacial score (nSPS) is 20.4. The van der Waals surface area contributed by atoms with Gasteiger partial charge in [0.25, 0.3) is 5.91 Å². The Balaban J connectivity index is 2.21. The first-order valence-electron chi connectivity index (χ1n) is 5.55. The average Bonchev–Trinajstić information content (AvgIpc) is 2.31. The Labute approximate surface area is 114 Å². The van der Waals surface area contributed by atoms with Crippen LogP contribution in [-0.2, 0) is 0 Å². The molecule has 1 aliphatic heterocycles. The molecule has 1 aromatic rings. The molecule has 0 radical (unpaired) electrons. The lowest BCUT2D eigenvalue weighted by molar-refractivity contribution is 0.0704. The van der Waals surface area contributed by atoms with Crippen LogP contribution in [0.2, 0.25) is 0 Å². The van der Waals surface area contributed by atoms with E-state index in [-0.39, 0.29) is 17.5 Å². The molecular formula is C12H14FIN2O. The van der Waals surface area contributed by atoms with Crippen LogP contribution in [0.4, 0.5) is 4.39 Å². The third kappa shape index (κ3) is 2.95. The molecule has 1 amide bonds. The van der Waals surface area contributed by atoms with Crippen LogP contribution in [-0.4, -0.2) is 36.5 Å². The molecule has 1 N–H and O–H groups in total. The number of rotatable bonds is 1. The number of nitrogens with one attached hydrogen (secondary N) is 1. The topological polar surface area (TPSA) is 32.3 Å². The van der Waals surface area contributed by atoms with Gasteiger partial charge in [-0.15, -0.1) is 0 Å². The second-order valence-corrected chi connectivity index (χ2v) is 5.48. The Morgan fingerprint density at radius 1 is 1.59 bits per heavy atom. The summed E-state index contributed by atoms with van der Waals surface area (Å²) in [6.07, 6.45) is 0. The summed E-state index contributed by atoms with van der Waals surface area (Å²) in [6, 6.07) is 4.87. The molecule has 92 valence electrons. The summed E-state index contributed by atoms with van der Waals surface area (Å²) in [5.41, 5.74) is 0.172. The summed E-state index contributed by atoms with van der Waals surface area (Å²) < 4.78 is 14.5. The van der Waals surface area contributed by atoms with Crippen molar-refractivity contribution in [3.05, 3.63) is 33.1 Å². The van der Waals surface area contributed by atoms with Crippen LogP contribution in [0, 0.1) is 9.39 Å². The lowest BCUT2D eigenvalue weighted by Gasteiger charge is -2.32. The molecule has 17 heavy (non-hydrogen) atoms. The van der Waals surface area contributed by atoms with Gasteiger partial charge in [-0.2, -0.15) is 0 Å². The van der Waals surface area contributed by atoms with Crippen molar-refractivity contribution in [2.24, 2.45) is 0 Å². The van der Waals surface area contributed by atoms with Crippen LogP contribution in [0.15, 0.2) is 18.2 Å². The van der Waals surface area contributed by atoms with E-state index in [9.17, 15) is 9.18 Å². The third-order valence-electron chi connectivity index (χ3n) is 2.81. The van der Waals surface area contributed by atoms with E-state index in [2.05, 4.69) is 27.9 Å². The first kappa shape index (κ1) is 12.8. The predicted molar refractivity (Wildman–Crippen MR) is 72.5 cm³/mol. The van der Waals surface area contributed by atoms with E-state index in [1.165, 1.54) is 6.07 Å². The van der Waals surface area contributed by atoms with Crippen LogP contribution in [0.1, 0.15) is 17.3 Å². The van der Waals surface area contributed by atoms with Crippen molar-refractivity contribution in [3.8, 4) is 0 Å². The van der Waals surface area contributed by atoms with E-state index in [0.29, 0.717) is 13.1 Å². The third-order valence-corrected chi connectivity index (χ3v) is 3.49. The van der Waals surface area contributed by atoms with Gasteiger partial charge in [0.1, 0.15) is 5.82 Å². The maximum atomic E-state index is 13.6. The number of halogens is 2.